The Morgan fingerprint density at radius 2 is 2.19 bits per heavy atom. The van der Waals surface area contributed by atoms with Crippen molar-refractivity contribution in [2.75, 3.05) is 26.9 Å². The van der Waals surface area contributed by atoms with Crippen molar-refractivity contribution in [1.29, 1.82) is 0 Å². The van der Waals surface area contributed by atoms with Gasteiger partial charge < -0.3 is 20.5 Å². The van der Waals surface area contributed by atoms with Gasteiger partial charge in [-0.05, 0) is 12.8 Å². The molecular weight excluding hydrogens is 208 g/mol. The monoisotopic (exact) mass is 230 g/mol. The summed E-state index contributed by atoms with van der Waals surface area (Å²) in [5, 5.41) is 2.71. The Morgan fingerprint density at radius 3 is 2.88 bits per heavy atom. The first-order valence-corrected chi connectivity index (χ1v) is 5.87. The molecule has 0 aromatic heterocycles. The molecule has 0 bridgehead atoms. The molecule has 1 aliphatic rings. The molecule has 16 heavy (non-hydrogen) atoms. The lowest BCUT2D eigenvalue weighted by atomic mass is 9.93. The van der Waals surface area contributed by atoms with E-state index in [9.17, 15) is 4.79 Å². The number of ether oxygens (including phenoxy) is 2. The Labute approximate surface area is 96.7 Å². The molecule has 0 radical (unpaired) electrons. The Hall–Kier alpha value is -0.650. The predicted octanol–water partition coefficient (Wildman–Crippen LogP) is 0.0355. The van der Waals surface area contributed by atoms with Crippen molar-refractivity contribution in [3.8, 4) is 0 Å². The highest BCUT2D eigenvalue weighted by Gasteiger charge is 2.22. The van der Waals surface area contributed by atoms with E-state index < -0.39 is 0 Å². The fourth-order valence-corrected chi connectivity index (χ4v) is 1.86. The Balaban J connectivity index is 2.10. The molecule has 2 atom stereocenters. The van der Waals surface area contributed by atoms with Gasteiger partial charge in [0.25, 0.3) is 0 Å². The highest BCUT2D eigenvalue weighted by atomic mass is 16.5. The number of carbonyl (C=O) groups is 1. The van der Waals surface area contributed by atoms with Gasteiger partial charge in [0.05, 0.1) is 12.7 Å². The van der Waals surface area contributed by atoms with Gasteiger partial charge in [0, 0.05) is 19.7 Å². The van der Waals surface area contributed by atoms with Crippen LogP contribution in [0.2, 0.25) is 0 Å². The Kier molecular flexibility index (Phi) is 6.37. The summed E-state index contributed by atoms with van der Waals surface area (Å²) in [6.07, 6.45) is 4.31. The van der Waals surface area contributed by atoms with Crippen molar-refractivity contribution in [3.05, 3.63) is 0 Å². The van der Waals surface area contributed by atoms with Gasteiger partial charge in [0.1, 0.15) is 6.61 Å². The lowest BCUT2D eigenvalue weighted by Crippen LogP contribution is -2.41. The van der Waals surface area contributed by atoms with E-state index in [0.29, 0.717) is 13.2 Å². The van der Waals surface area contributed by atoms with Crippen LogP contribution in [0.3, 0.4) is 0 Å². The van der Waals surface area contributed by atoms with Crippen molar-refractivity contribution >= 4 is 5.91 Å². The average Bonchev–Trinajstić information content (AvgIpc) is 2.28. The second kappa shape index (κ2) is 7.60. The first kappa shape index (κ1) is 13.4. The second-order valence-corrected chi connectivity index (χ2v) is 4.14. The summed E-state index contributed by atoms with van der Waals surface area (Å²) in [6.45, 7) is 1.15. The van der Waals surface area contributed by atoms with Gasteiger partial charge in [-0.1, -0.05) is 12.8 Å². The molecule has 1 amide bonds. The number of hydrogen-bond donors (Lipinski definition) is 2. The maximum absolute atomic E-state index is 11.3. The van der Waals surface area contributed by atoms with Crippen LogP contribution in [0, 0.1) is 0 Å². The molecule has 1 saturated carbocycles. The van der Waals surface area contributed by atoms with Crippen LogP contribution in [0.25, 0.3) is 0 Å². The third-order valence-corrected chi connectivity index (χ3v) is 2.81. The number of nitrogens with two attached hydrogens (primary N) is 1. The molecule has 94 valence electrons. The van der Waals surface area contributed by atoms with Crippen LogP contribution in [0.4, 0.5) is 0 Å². The summed E-state index contributed by atoms with van der Waals surface area (Å²) in [6, 6.07) is 0.0838. The van der Waals surface area contributed by atoms with E-state index in [0.717, 1.165) is 19.3 Å². The molecule has 0 saturated heterocycles. The maximum atomic E-state index is 11.3. The van der Waals surface area contributed by atoms with E-state index in [1.807, 2.05) is 0 Å². The van der Waals surface area contributed by atoms with Gasteiger partial charge in [-0.3, -0.25) is 4.79 Å². The van der Waals surface area contributed by atoms with Gasteiger partial charge in [-0.15, -0.1) is 0 Å². The van der Waals surface area contributed by atoms with Crippen LogP contribution in [0.1, 0.15) is 25.7 Å². The number of amides is 1. The topological polar surface area (TPSA) is 73.6 Å². The van der Waals surface area contributed by atoms with Gasteiger partial charge in [-0.25, -0.2) is 0 Å². The normalized spacial score (nSPS) is 25.4. The largest absolute Gasteiger partial charge is 0.383 e. The fourth-order valence-electron chi connectivity index (χ4n) is 1.86. The van der Waals surface area contributed by atoms with E-state index in [2.05, 4.69) is 5.32 Å². The molecule has 0 aromatic carbocycles. The van der Waals surface area contributed by atoms with E-state index in [4.69, 9.17) is 15.2 Å². The third-order valence-electron chi connectivity index (χ3n) is 2.81. The van der Waals surface area contributed by atoms with E-state index >= 15 is 0 Å². The molecule has 0 aliphatic heterocycles. The molecule has 1 fully saturated rings. The molecule has 3 N–H and O–H groups in total. The van der Waals surface area contributed by atoms with Crippen molar-refractivity contribution in [2.45, 2.75) is 37.8 Å². The van der Waals surface area contributed by atoms with Crippen LogP contribution < -0.4 is 11.1 Å². The van der Waals surface area contributed by atoms with Crippen molar-refractivity contribution in [2.24, 2.45) is 5.73 Å². The van der Waals surface area contributed by atoms with Crippen molar-refractivity contribution < 1.29 is 14.3 Å². The molecule has 1 aliphatic carbocycles. The summed E-state index contributed by atoms with van der Waals surface area (Å²) >= 11 is 0. The lowest BCUT2D eigenvalue weighted by Gasteiger charge is -2.28. The van der Waals surface area contributed by atoms with Gasteiger partial charge in [0.2, 0.25) is 5.91 Å². The van der Waals surface area contributed by atoms with Crippen molar-refractivity contribution in [3.63, 3.8) is 0 Å². The van der Waals surface area contributed by atoms with Crippen LogP contribution in [0.15, 0.2) is 0 Å². The summed E-state index contributed by atoms with van der Waals surface area (Å²) in [7, 11) is 1.60. The second-order valence-electron chi connectivity index (χ2n) is 4.14. The maximum Gasteiger partial charge on any atom is 0.246 e. The zero-order valence-corrected chi connectivity index (χ0v) is 9.91. The van der Waals surface area contributed by atoms with Crippen LogP contribution in [-0.2, 0) is 14.3 Å². The van der Waals surface area contributed by atoms with Gasteiger partial charge in [0.15, 0.2) is 0 Å². The standard InChI is InChI=1S/C11H22N2O3/c1-15-7-6-13-11(14)8-16-10-5-3-2-4-9(10)12/h9-10H,2-8,12H2,1H3,(H,13,14). The Bertz CT molecular complexity index is 211. The molecular formula is C11H22N2O3. The SMILES string of the molecule is COCCNC(=O)COC1CCCCC1N. The number of nitrogens with one attached hydrogen (secondary N) is 1. The molecule has 0 spiro atoms. The minimum Gasteiger partial charge on any atom is -0.383 e. The summed E-state index contributed by atoms with van der Waals surface area (Å²) < 4.78 is 10.3. The smallest absolute Gasteiger partial charge is 0.246 e. The summed E-state index contributed by atoms with van der Waals surface area (Å²) in [5.41, 5.74) is 5.91. The molecule has 0 heterocycles. The average molecular weight is 230 g/mol. The predicted molar refractivity (Wildman–Crippen MR) is 61.1 cm³/mol. The third kappa shape index (κ3) is 4.92. The highest BCUT2D eigenvalue weighted by molar-refractivity contribution is 5.77. The van der Waals surface area contributed by atoms with Crippen LogP contribution >= 0.6 is 0 Å². The minimum absolute atomic E-state index is 0.0434. The van der Waals surface area contributed by atoms with Gasteiger partial charge >= 0.3 is 0 Å². The lowest BCUT2D eigenvalue weighted by molar-refractivity contribution is -0.128. The van der Waals surface area contributed by atoms with Gasteiger partial charge in [-0.2, -0.15) is 0 Å². The number of hydrogen-bond acceptors (Lipinski definition) is 4. The molecule has 0 aromatic rings. The van der Waals surface area contributed by atoms with E-state index in [-0.39, 0.29) is 24.7 Å². The molecule has 2 unspecified atom stereocenters. The molecule has 5 heteroatoms. The van der Waals surface area contributed by atoms with E-state index in [1.54, 1.807) is 7.11 Å². The molecule has 1 rings (SSSR count). The number of carbonyl (C=O) groups excluding carboxylic acids is 1. The Morgan fingerprint density at radius 1 is 1.44 bits per heavy atom. The summed E-state index contributed by atoms with van der Waals surface area (Å²) in [4.78, 5) is 11.3. The fraction of sp³-hybridized carbons (Fsp3) is 0.909. The zero-order chi connectivity index (χ0) is 11.8. The number of methoxy groups -OCH3 is 1. The molecule has 5 nitrogen and oxygen atoms in total. The zero-order valence-electron chi connectivity index (χ0n) is 9.91. The van der Waals surface area contributed by atoms with Crippen molar-refractivity contribution in [1.82, 2.24) is 5.32 Å². The van der Waals surface area contributed by atoms with Crippen LogP contribution in [-0.4, -0.2) is 44.9 Å². The first-order valence-electron chi connectivity index (χ1n) is 5.87. The van der Waals surface area contributed by atoms with E-state index in [1.165, 1.54) is 6.42 Å². The number of rotatable bonds is 6. The highest BCUT2D eigenvalue weighted by Crippen LogP contribution is 2.19. The minimum atomic E-state index is -0.102. The first-order chi connectivity index (χ1) is 7.74. The quantitative estimate of drug-likeness (QED) is 0.632. The summed E-state index contributed by atoms with van der Waals surface area (Å²) in [5.74, 6) is -0.102. The van der Waals surface area contributed by atoms with Crippen LogP contribution in [0.5, 0.6) is 0 Å².